The van der Waals surface area contributed by atoms with E-state index in [1.54, 1.807) is 0 Å². The predicted octanol–water partition coefficient (Wildman–Crippen LogP) is 0.828. The van der Waals surface area contributed by atoms with E-state index in [1.165, 1.54) is 0 Å². The Hall–Kier alpha value is -2.25. The van der Waals surface area contributed by atoms with Crippen molar-refractivity contribution in [1.82, 2.24) is 15.5 Å². The fourth-order valence-corrected chi connectivity index (χ4v) is 3.69. The maximum Gasteiger partial charge on any atom is 0.238 e. The number of hydrogen-bond acceptors (Lipinski definition) is 5. The highest BCUT2D eigenvalue weighted by atomic mass is 16.2. The molecular formula is C19H26N4O3. The second kappa shape index (κ2) is 7.97. The summed E-state index contributed by atoms with van der Waals surface area (Å²) in [5, 5.41) is 8.66. The summed E-state index contributed by atoms with van der Waals surface area (Å²) in [6.07, 6.45) is 0.837. The number of anilines is 1. The molecule has 3 N–H and O–H groups in total. The van der Waals surface area contributed by atoms with Crippen molar-refractivity contribution in [3.63, 3.8) is 0 Å². The Balaban J connectivity index is 1.64. The molecule has 0 radical (unpaired) electrons. The number of nitrogens with zero attached hydrogens (tertiary/aromatic N) is 1. The van der Waals surface area contributed by atoms with Crippen molar-refractivity contribution in [2.75, 3.05) is 25.0 Å². The van der Waals surface area contributed by atoms with Gasteiger partial charge in [0.1, 0.15) is 0 Å². The second-order valence-electron chi connectivity index (χ2n) is 7.21. The molecule has 1 aromatic carbocycles. The van der Waals surface area contributed by atoms with Gasteiger partial charge in [0.25, 0.3) is 0 Å². The van der Waals surface area contributed by atoms with E-state index in [0.717, 1.165) is 18.7 Å². The molecule has 7 heteroatoms. The van der Waals surface area contributed by atoms with Gasteiger partial charge in [-0.3, -0.25) is 24.6 Å². The van der Waals surface area contributed by atoms with E-state index in [9.17, 15) is 14.4 Å². The van der Waals surface area contributed by atoms with Gasteiger partial charge in [-0.15, -0.1) is 0 Å². The molecule has 0 aliphatic carbocycles. The lowest BCUT2D eigenvalue weighted by molar-refractivity contribution is -0.134. The zero-order chi connectivity index (χ0) is 18.7. The van der Waals surface area contributed by atoms with Crippen LogP contribution in [0.2, 0.25) is 0 Å². The smallest absolute Gasteiger partial charge is 0.238 e. The van der Waals surface area contributed by atoms with Crippen LogP contribution in [0.4, 0.5) is 5.69 Å². The zero-order valence-electron chi connectivity index (χ0n) is 15.2. The van der Waals surface area contributed by atoms with Gasteiger partial charge < -0.3 is 10.6 Å². The molecule has 26 heavy (non-hydrogen) atoms. The van der Waals surface area contributed by atoms with E-state index in [-0.39, 0.29) is 23.6 Å². The molecular weight excluding hydrogens is 332 g/mol. The van der Waals surface area contributed by atoms with Gasteiger partial charge in [0.15, 0.2) is 0 Å². The summed E-state index contributed by atoms with van der Waals surface area (Å²) in [5.41, 5.74) is 1.49. The Bertz CT molecular complexity index is 696. The maximum atomic E-state index is 12.5. The van der Waals surface area contributed by atoms with Crippen molar-refractivity contribution in [3.8, 4) is 0 Å². The van der Waals surface area contributed by atoms with Crippen LogP contribution < -0.4 is 16.0 Å². The van der Waals surface area contributed by atoms with E-state index in [4.69, 9.17) is 0 Å². The van der Waals surface area contributed by atoms with Gasteiger partial charge in [-0.1, -0.05) is 12.1 Å². The summed E-state index contributed by atoms with van der Waals surface area (Å²) in [7, 11) is 0. The fraction of sp³-hybridized carbons (Fsp3) is 0.526. The highest BCUT2D eigenvalue weighted by Gasteiger charge is 2.28. The zero-order valence-corrected chi connectivity index (χ0v) is 15.2. The van der Waals surface area contributed by atoms with Crippen LogP contribution in [-0.2, 0) is 14.4 Å². The third-order valence-electron chi connectivity index (χ3n) is 5.15. The summed E-state index contributed by atoms with van der Waals surface area (Å²) in [6.45, 7) is 6.32. The van der Waals surface area contributed by atoms with Crippen LogP contribution in [-0.4, -0.2) is 54.3 Å². The molecule has 1 aromatic rings. The summed E-state index contributed by atoms with van der Waals surface area (Å²) in [6, 6.07) is 7.93. The predicted molar refractivity (Wildman–Crippen MR) is 98.7 cm³/mol. The van der Waals surface area contributed by atoms with Gasteiger partial charge in [-0.25, -0.2) is 0 Å². The summed E-state index contributed by atoms with van der Waals surface area (Å²) in [4.78, 5) is 38.0. The molecule has 0 saturated carbocycles. The lowest BCUT2D eigenvalue weighted by Crippen LogP contribution is -2.56. The van der Waals surface area contributed by atoms with E-state index >= 15 is 0 Å². The summed E-state index contributed by atoms with van der Waals surface area (Å²) < 4.78 is 0. The second-order valence-corrected chi connectivity index (χ2v) is 7.21. The van der Waals surface area contributed by atoms with Gasteiger partial charge in [-0.2, -0.15) is 0 Å². The molecule has 2 saturated heterocycles. The first-order chi connectivity index (χ1) is 12.4. The summed E-state index contributed by atoms with van der Waals surface area (Å²) in [5.74, 6) is -0.910. The molecule has 2 aliphatic heterocycles. The number of carbonyl (C=O) groups is 3. The number of benzene rings is 1. The van der Waals surface area contributed by atoms with E-state index in [0.29, 0.717) is 37.2 Å². The van der Waals surface area contributed by atoms with Crippen molar-refractivity contribution in [2.45, 2.75) is 44.7 Å². The molecule has 3 amide bonds. The van der Waals surface area contributed by atoms with Crippen molar-refractivity contribution in [3.05, 3.63) is 29.8 Å². The first-order valence-corrected chi connectivity index (χ1v) is 9.14. The van der Waals surface area contributed by atoms with Crippen LogP contribution in [0.1, 0.15) is 38.2 Å². The maximum absolute atomic E-state index is 12.5. The number of hydrogen-bond donors (Lipinski definition) is 3. The van der Waals surface area contributed by atoms with Crippen LogP contribution in [0.3, 0.4) is 0 Å². The van der Waals surface area contributed by atoms with E-state index < -0.39 is 0 Å². The Morgan fingerprint density at radius 1 is 1.23 bits per heavy atom. The number of rotatable bonds is 4. The first-order valence-electron chi connectivity index (χ1n) is 9.14. The quantitative estimate of drug-likeness (QED) is 0.694. The topological polar surface area (TPSA) is 90.5 Å². The highest BCUT2D eigenvalue weighted by molar-refractivity contribution is 6.01. The minimum atomic E-state index is -0.349. The Morgan fingerprint density at radius 2 is 1.96 bits per heavy atom. The first kappa shape index (κ1) is 18.5. The number of piperazine rings is 1. The molecule has 2 heterocycles. The highest BCUT2D eigenvalue weighted by Crippen LogP contribution is 2.26. The molecule has 3 atom stereocenters. The van der Waals surface area contributed by atoms with Crippen LogP contribution in [0.25, 0.3) is 0 Å². The van der Waals surface area contributed by atoms with Crippen LogP contribution in [0.15, 0.2) is 24.3 Å². The molecule has 140 valence electrons. The molecule has 1 unspecified atom stereocenters. The Labute approximate surface area is 153 Å². The standard InChI is InChI=1S/C19H26N4O3/c1-12-9-20-10-13(2)23(12)11-18(25)21-15-5-3-4-14(8-15)16-6-7-17(24)22-19(16)26/h3-5,8,12-13,16,20H,6-7,9-11H2,1-2H3,(H,21,25)(H,22,24,26)/t12-,13+,16?. The fourth-order valence-electron chi connectivity index (χ4n) is 3.69. The van der Waals surface area contributed by atoms with Gasteiger partial charge >= 0.3 is 0 Å². The minimum Gasteiger partial charge on any atom is -0.325 e. The van der Waals surface area contributed by atoms with Crippen LogP contribution >= 0.6 is 0 Å². The SMILES string of the molecule is C[C@@H]1CNC[C@H](C)N1CC(=O)Nc1cccc(C2CCC(=O)NC2=O)c1. The number of nitrogens with one attached hydrogen (secondary N) is 3. The van der Waals surface area contributed by atoms with Gasteiger partial charge in [-0.05, 0) is 38.0 Å². The third-order valence-corrected chi connectivity index (χ3v) is 5.15. The van der Waals surface area contributed by atoms with Crippen LogP contribution in [0, 0.1) is 0 Å². The van der Waals surface area contributed by atoms with Crippen molar-refractivity contribution in [1.29, 1.82) is 0 Å². The van der Waals surface area contributed by atoms with Crippen molar-refractivity contribution in [2.24, 2.45) is 0 Å². The molecule has 2 fully saturated rings. The molecule has 2 aliphatic rings. The number of imide groups is 1. The monoisotopic (exact) mass is 358 g/mol. The summed E-state index contributed by atoms with van der Waals surface area (Å²) >= 11 is 0. The molecule has 0 bridgehead atoms. The van der Waals surface area contributed by atoms with E-state index in [2.05, 4.69) is 34.7 Å². The lowest BCUT2D eigenvalue weighted by Gasteiger charge is -2.38. The largest absolute Gasteiger partial charge is 0.325 e. The number of carbonyl (C=O) groups excluding carboxylic acids is 3. The third kappa shape index (κ3) is 4.28. The Kier molecular flexibility index (Phi) is 5.68. The van der Waals surface area contributed by atoms with Gasteiger partial charge in [0.05, 0.1) is 12.5 Å². The van der Waals surface area contributed by atoms with Crippen molar-refractivity contribution >= 4 is 23.4 Å². The molecule has 0 aromatic heterocycles. The van der Waals surface area contributed by atoms with Gasteiger partial charge in [0.2, 0.25) is 17.7 Å². The minimum absolute atomic E-state index is 0.0639. The number of amides is 3. The van der Waals surface area contributed by atoms with Crippen LogP contribution in [0.5, 0.6) is 0 Å². The van der Waals surface area contributed by atoms with Gasteiger partial charge in [0, 0.05) is 37.3 Å². The van der Waals surface area contributed by atoms with E-state index in [1.807, 2.05) is 24.3 Å². The molecule has 0 spiro atoms. The average molecular weight is 358 g/mol. The number of piperidine rings is 1. The lowest BCUT2D eigenvalue weighted by atomic mass is 9.90. The molecule has 3 rings (SSSR count). The normalized spacial score (nSPS) is 27.1. The molecule has 7 nitrogen and oxygen atoms in total. The van der Waals surface area contributed by atoms with Crippen molar-refractivity contribution < 1.29 is 14.4 Å². The average Bonchev–Trinajstić information content (AvgIpc) is 2.58. The Morgan fingerprint density at radius 3 is 2.65 bits per heavy atom.